The van der Waals surface area contributed by atoms with Gasteiger partial charge in [-0.25, -0.2) is 9.37 Å². The third-order valence-electron chi connectivity index (χ3n) is 5.89. The number of amides is 1. The predicted molar refractivity (Wildman–Crippen MR) is 124 cm³/mol. The second kappa shape index (κ2) is 9.84. The van der Waals surface area contributed by atoms with Gasteiger partial charge in [0.25, 0.3) is 0 Å². The topological polar surface area (TPSA) is 42.0 Å². The van der Waals surface area contributed by atoms with E-state index < -0.39 is 0 Å². The number of nitrogens with one attached hydrogen (secondary N) is 1. The zero-order chi connectivity index (χ0) is 20.9. The van der Waals surface area contributed by atoms with E-state index in [2.05, 4.69) is 17.2 Å². The van der Waals surface area contributed by atoms with Crippen LogP contribution < -0.4 is 5.32 Å². The molecule has 1 aliphatic rings. The van der Waals surface area contributed by atoms with Gasteiger partial charge in [-0.1, -0.05) is 38.3 Å². The molecule has 30 heavy (non-hydrogen) atoms. The highest BCUT2D eigenvalue weighted by molar-refractivity contribution is 7.19. The van der Waals surface area contributed by atoms with Crippen molar-refractivity contribution in [1.29, 1.82) is 0 Å². The van der Waals surface area contributed by atoms with Gasteiger partial charge >= 0.3 is 0 Å². The Morgan fingerprint density at radius 1 is 1.17 bits per heavy atom. The maximum atomic E-state index is 13.5. The van der Waals surface area contributed by atoms with Crippen LogP contribution in [0.4, 0.5) is 9.52 Å². The first-order valence-corrected chi connectivity index (χ1v) is 12.4. The highest BCUT2D eigenvalue weighted by atomic mass is 32.1. The molecule has 1 saturated carbocycles. The van der Waals surface area contributed by atoms with Gasteiger partial charge in [0.05, 0.1) is 10.6 Å². The molecule has 0 radical (unpaired) electrons. The van der Waals surface area contributed by atoms with Gasteiger partial charge in [-0.05, 0) is 61.4 Å². The van der Waals surface area contributed by atoms with E-state index in [1.165, 1.54) is 49.5 Å². The monoisotopic (exact) mass is 442 g/mol. The minimum Gasteiger partial charge on any atom is -0.302 e. The van der Waals surface area contributed by atoms with Crippen LogP contribution in [0.1, 0.15) is 51.9 Å². The number of aromatic nitrogens is 1. The van der Waals surface area contributed by atoms with Crippen LogP contribution in [0.3, 0.4) is 0 Å². The summed E-state index contributed by atoms with van der Waals surface area (Å²) in [6, 6.07) is 10.6. The lowest BCUT2D eigenvalue weighted by atomic mass is 9.79. The second-order valence-corrected chi connectivity index (χ2v) is 10.0. The number of carbonyl (C=O) groups excluding carboxylic acids is 1. The Morgan fingerprint density at radius 2 is 1.97 bits per heavy atom. The summed E-state index contributed by atoms with van der Waals surface area (Å²) in [5.41, 5.74) is 1.72. The van der Waals surface area contributed by atoms with Gasteiger partial charge < -0.3 is 5.32 Å². The maximum Gasteiger partial charge on any atom is 0.229 e. The van der Waals surface area contributed by atoms with Crippen LogP contribution >= 0.6 is 22.7 Å². The van der Waals surface area contributed by atoms with Crippen LogP contribution in [0, 0.1) is 17.7 Å². The number of carbonyl (C=O) groups is 1. The third-order valence-corrected chi connectivity index (χ3v) is 7.80. The molecule has 2 heterocycles. The summed E-state index contributed by atoms with van der Waals surface area (Å²) >= 11 is 3.04. The van der Waals surface area contributed by atoms with Crippen molar-refractivity contribution in [3.05, 3.63) is 47.6 Å². The summed E-state index contributed by atoms with van der Waals surface area (Å²) in [7, 11) is 0. The number of thiazole rings is 1. The number of anilines is 1. The van der Waals surface area contributed by atoms with E-state index in [9.17, 15) is 9.18 Å². The molecule has 1 fully saturated rings. The molecule has 1 amide bonds. The molecule has 158 valence electrons. The van der Waals surface area contributed by atoms with Gasteiger partial charge in [-0.2, -0.15) is 0 Å². The predicted octanol–water partition coefficient (Wildman–Crippen LogP) is 7.61. The smallest absolute Gasteiger partial charge is 0.229 e. The maximum absolute atomic E-state index is 13.5. The van der Waals surface area contributed by atoms with Crippen molar-refractivity contribution in [3.63, 3.8) is 0 Å². The summed E-state index contributed by atoms with van der Waals surface area (Å²) in [6.45, 7) is 2.24. The fraction of sp³-hybridized carbons (Fsp3) is 0.417. The van der Waals surface area contributed by atoms with Gasteiger partial charge in [0, 0.05) is 16.2 Å². The number of thiophene rings is 1. The number of rotatable bonds is 7. The van der Waals surface area contributed by atoms with E-state index in [1.54, 1.807) is 23.5 Å². The van der Waals surface area contributed by atoms with Crippen LogP contribution in [-0.2, 0) is 4.79 Å². The highest BCUT2D eigenvalue weighted by Crippen LogP contribution is 2.36. The van der Waals surface area contributed by atoms with Crippen LogP contribution in [0.25, 0.3) is 21.0 Å². The van der Waals surface area contributed by atoms with Gasteiger partial charge in [0.1, 0.15) is 5.82 Å². The van der Waals surface area contributed by atoms with Gasteiger partial charge in [-0.15, -0.1) is 22.7 Å². The fourth-order valence-electron chi connectivity index (χ4n) is 4.13. The van der Waals surface area contributed by atoms with Crippen molar-refractivity contribution in [2.75, 3.05) is 5.32 Å². The highest BCUT2D eigenvalue weighted by Gasteiger charge is 2.26. The number of hydrogen-bond donors (Lipinski definition) is 1. The first kappa shape index (κ1) is 21.2. The summed E-state index contributed by atoms with van der Waals surface area (Å²) in [5, 5.41) is 5.66. The molecule has 0 bridgehead atoms. The average molecular weight is 443 g/mol. The number of unbranched alkanes of at least 4 members (excludes halogenated alkanes) is 1. The number of benzene rings is 1. The Morgan fingerprint density at radius 3 is 2.73 bits per heavy atom. The molecular formula is C24H27FN2OS2. The molecule has 3 nitrogen and oxygen atoms in total. The van der Waals surface area contributed by atoms with Crippen molar-refractivity contribution in [2.24, 2.45) is 11.8 Å². The van der Waals surface area contributed by atoms with Gasteiger partial charge in [-0.3, -0.25) is 4.79 Å². The Bertz CT molecular complexity index is 989. The molecule has 1 aromatic carbocycles. The van der Waals surface area contributed by atoms with E-state index in [0.29, 0.717) is 5.13 Å². The molecule has 0 unspecified atom stereocenters. The van der Waals surface area contributed by atoms with Crippen molar-refractivity contribution >= 4 is 33.7 Å². The molecule has 1 N–H and O–H groups in total. The Kier molecular flexibility index (Phi) is 6.95. The van der Waals surface area contributed by atoms with Crippen LogP contribution in [0.2, 0.25) is 0 Å². The summed E-state index contributed by atoms with van der Waals surface area (Å²) in [6.07, 6.45) is 8.16. The van der Waals surface area contributed by atoms with Crippen molar-refractivity contribution in [3.8, 4) is 21.0 Å². The van der Waals surface area contributed by atoms with Crippen molar-refractivity contribution < 1.29 is 9.18 Å². The molecule has 2 aromatic heterocycles. The van der Waals surface area contributed by atoms with E-state index in [1.807, 2.05) is 23.6 Å². The number of nitrogens with zero attached hydrogens (tertiary/aromatic N) is 1. The molecular weight excluding hydrogens is 415 g/mol. The molecule has 0 aliphatic heterocycles. The number of halogens is 1. The number of hydrogen-bond acceptors (Lipinski definition) is 4. The van der Waals surface area contributed by atoms with Gasteiger partial charge in [0.15, 0.2) is 5.13 Å². The lowest BCUT2D eigenvalue weighted by molar-refractivity contribution is -0.121. The quantitative estimate of drug-likeness (QED) is 0.409. The van der Waals surface area contributed by atoms with E-state index in [4.69, 9.17) is 0 Å². The SMILES string of the molecule is CCCCC1CCC(C(=O)Nc2nc(-c3ccc(-c4cccc(F)c4)s3)cs2)CC1. The Hall–Kier alpha value is -2.05. The van der Waals surface area contributed by atoms with Crippen molar-refractivity contribution in [1.82, 2.24) is 4.98 Å². The largest absolute Gasteiger partial charge is 0.302 e. The minimum absolute atomic E-state index is 0.108. The first-order valence-electron chi connectivity index (χ1n) is 10.7. The Balaban J connectivity index is 1.35. The fourth-order valence-corrected chi connectivity index (χ4v) is 5.88. The van der Waals surface area contributed by atoms with Crippen molar-refractivity contribution in [2.45, 2.75) is 51.9 Å². The molecule has 1 aliphatic carbocycles. The molecule has 0 saturated heterocycles. The van der Waals surface area contributed by atoms with Gasteiger partial charge in [0.2, 0.25) is 5.91 Å². The van der Waals surface area contributed by atoms with E-state index in [-0.39, 0.29) is 17.6 Å². The average Bonchev–Trinajstić information content (AvgIpc) is 3.42. The third kappa shape index (κ3) is 5.16. The van der Waals surface area contributed by atoms with Crippen LogP contribution in [0.5, 0.6) is 0 Å². The molecule has 4 rings (SSSR count). The second-order valence-electron chi connectivity index (χ2n) is 8.06. The Labute approximate surface area is 185 Å². The summed E-state index contributed by atoms with van der Waals surface area (Å²) < 4.78 is 13.5. The van der Waals surface area contributed by atoms with E-state index in [0.717, 1.165) is 39.8 Å². The van der Waals surface area contributed by atoms with E-state index >= 15 is 0 Å². The molecule has 0 spiro atoms. The van der Waals surface area contributed by atoms with Crippen LogP contribution in [0.15, 0.2) is 41.8 Å². The molecule has 3 aromatic rings. The lowest BCUT2D eigenvalue weighted by Crippen LogP contribution is -2.27. The standard InChI is InChI=1S/C24H27FN2OS2/c1-2-3-5-16-8-10-17(11-9-16)23(28)27-24-26-20(15-29-24)22-13-12-21(30-22)18-6-4-7-19(25)14-18/h4,6-7,12-17H,2-3,5,8-11H2,1H3,(H,26,27,28). The zero-order valence-corrected chi connectivity index (χ0v) is 18.8. The zero-order valence-electron chi connectivity index (χ0n) is 17.2. The minimum atomic E-state index is -0.236. The summed E-state index contributed by atoms with van der Waals surface area (Å²) in [4.78, 5) is 19.3. The summed E-state index contributed by atoms with van der Waals surface area (Å²) in [5.74, 6) is 0.778. The molecule has 6 heteroatoms. The lowest BCUT2D eigenvalue weighted by Gasteiger charge is -2.27. The molecule has 0 atom stereocenters. The van der Waals surface area contributed by atoms with Crippen LogP contribution in [-0.4, -0.2) is 10.9 Å². The first-order chi connectivity index (χ1) is 14.6. The normalized spacial score (nSPS) is 19.0.